The molecular formula is C18H28IN3O. The van der Waals surface area contributed by atoms with Gasteiger partial charge in [-0.1, -0.05) is 50.3 Å². The normalized spacial score (nSPS) is 24.8. The van der Waals surface area contributed by atoms with E-state index < -0.39 is 0 Å². The lowest BCUT2D eigenvalue weighted by atomic mass is 9.85. The minimum atomic E-state index is 0. The number of hydrogen-bond donors (Lipinski definition) is 2. The summed E-state index contributed by atoms with van der Waals surface area (Å²) in [5, 5.41) is 3.24. The first kappa shape index (κ1) is 18.5. The standard InChI is InChI=1S/C18H27N3O.HI/c1-22-12-14-9-5-6-10-16(14)20-18(19)21-17-11-15(17)13-7-3-2-4-8-13;/h5-6,9-10,13,15,17H,2-4,7-8,11-12H2,1H3,(H3,19,20,21);1H. The molecule has 2 unspecified atom stereocenters. The maximum absolute atomic E-state index is 6.10. The Bertz CT molecular complexity index is 529. The molecule has 128 valence electrons. The van der Waals surface area contributed by atoms with Gasteiger partial charge in [-0.25, -0.2) is 4.99 Å². The van der Waals surface area contributed by atoms with Gasteiger partial charge in [0.25, 0.3) is 0 Å². The fourth-order valence-corrected chi connectivity index (χ4v) is 3.69. The summed E-state index contributed by atoms with van der Waals surface area (Å²) in [6.45, 7) is 0.574. The molecule has 0 radical (unpaired) electrons. The van der Waals surface area contributed by atoms with Crippen molar-refractivity contribution in [1.29, 1.82) is 0 Å². The first-order chi connectivity index (χ1) is 10.8. The molecule has 2 atom stereocenters. The number of benzene rings is 1. The molecule has 0 heterocycles. The number of guanidine groups is 1. The van der Waals surface area contributed by atoms with Crippen molar-refractivity contribution in [2.24, 2.45) is 22.6 Å². The van der Waals surface area contributed by atoms with Gasteiger partial charge >= 0.3 is 0 Å². The smallest absolute Gasteiger partial charge is 0.193 e. The number of aliphatic imine (C=N–C) groups is 1. The Morgan fingerprint density at radius 2 is 2.00 bits per heavy atom. The Kier molecular flexibility index (Phi) is 7.14. The maximum Gasteiger partial charge on any atom is 0.193 e. The van der Waals surface area contributed by atoms with E-state index in [-0.39, 0.29) is 24.0 Å². The fraction of sp³-hybridized carbons (Fsp3) is 0.611. The molecule has 0 bridgehead atoms. The molecule has 1 aromatic rings. The van der Waals surface area contributed by atoms with E-state index in [2.05, 4.69) is 10.3 Å². The fourth-order valence-electron chi connectivity index (χ4n) is 3.69. The number of nitrogens with zero attached hydrogens (tertiary/aromatic N) is 1. The van der Waals surface area contributed by atoms with Crippen LogP contribution in [0.3, 0.4) is 0 Å². The van der Waals surface area contributed by atoms with Crippen LogP contribution in [-0.4, -0.2) is 19.1 Å². The number of anilines is 1. The topological polar surface area (TPSA) is 59.6 Å². The Hall–Kier alpha value is -0.820. The van der Waals surface area contributed by atoms with Crippen molar-refractivity contribution < 1.29 is 4.74 Å². The highest BCUT2D eigenvalue weighted by atomic mass is 127. The zero-order valence-corrected chi connectivity index (χ0v) is 16.2. The minimum absolute atomic E-state index is 0. The van der Waals surface area contributed by atoms with Crippen LogP contribution in [0.4, 0.5) is 5.69 Å². The Labute approximate surface area is 156 Å². The van der Waals surface area contributed by atoms with Crippen molar-refractivity contribution in [2.75, 3.05) is 12.4 Å². The average molecular weight is 429 g/mol. The summed E-state index contributed by atoms with van der Waals surface area (Å²) in [5.41, 5.74) is 8.19. The van der Waals surface area contributed by atoms with Gasteiger partial charge in [0.1, 0.15) is 0 Å². The van der Waals surface area contributed by atoms with Crippen LogP contribution in [0.25, 0.3) is 0 Å². The molecular weight excluding hydrogens is 401 g/mol. The predicted molar refractivity (Wildman–Crippen MR) is 106 cm³/mol. The zero-order chi connectivity index (χ0) is 15.4. The quantitative estimate of drug-likeness (QED) is 0.420. The van der Waals surface area contributed by atoms with Crippen molar-refractivity contribution in [3.8, 4) is 0 Å². The van der Waals surface area contributed by atoms with Crippen molar-refractivity contribution in [2.45, 2.75) is 51.2 Å². The summed E-state index contributed by atoms with van der Waals surface area (Å²) in [5.74, 6) is 2.19. The SMILES string of the molecule is COCc1ccccc1NC(N)=NC1CC1C1CCCCC1.I. The lowest BCUT2D eigenvalue weighted by Gasteiger charge is -2.21. The van der Waals surface area contributed by atoms with Crippen LogP contribution in [0.15, 0.2) is 29.3 Å². The molecule has 3 N–H and O–H groups in total. The summed E-state index contributed by atoms with van der Waals surface area (Å²) in [6, 6.07) is 8.50. The van der Waals surface area contributed by atoms with Gasteiger partial charge in [0.15, 0.2) is 5.96 Å². The summed E-state index contributed by atoms with van der Waals surface area (Å²) in [7, 11) is 1.70. The number of ether oxygens (including phenoxy) is 1. The van der Waals surface area contributed by atoms with Gasteiger partial charge in [0.05, 0.1) is 12.6 Å². The summed E-state index contributed by atoms with van der Waals surface area (Å²) in [6.07, 6.45) is 8.21. The molecule has 2 aliphatic carbocycles. The lowest BCUT2D eigenvalue weighted by Crippen LogP contribution is -2.24. The van der Waals surface area contributed by atoms with Crippen LogP contribution in [0.2, 0.25) is 0 Å². The largest absolute Gasteiger partial charge is 0.380 e. The number of hydrogen-bond acceptors (Lipinski definition) is 2. The molecule has 4 nitrogen and oxygen atoms in total. The van der Waals surface area contributed by atoms with E-state index in [1.54, 1.807) is 7.11 Å². The van der Waals surface area contributed by atoms with E-state index >= 15 is 0 Å². The summed E-state index contributed by atoms with van der Waals surface area (Å²) >= 11 is 0. The molecule has 0 spiro atoms. The number of nitrogens with two attached hydrogens (primary N) is 1. The van der Waals surface area contributed by atoms with Crippen molar-refractivity contribution in [1.82, 2.24) is 0 Å². The number of rotatable bonds is 5. The second kappa shape index (κ2) is 8.87. The summed E-state index contributed by atoms with van der Waals surface area (Å²) < 4.78 is 5.22. The number of nitrogens with one attached hydrogen (secondary N) is 1. The Morgan fingerprint density at radius 1 is 1.26 bits per heavy atom. The van der Waals surface area contributed by atoms with Crippen LogP contribution in [0.1, 0.15) is 44.1 Å². The molecule has 3 rings (SSSR count). The Balaban J connectivity index is 0.00000192. The van der Waals surface area contributed by atoms with Gasteiger partial charge in [0.2, 0.25) is 0 Å². The lowest BCUT2D eigenvalue weighted by molar-refractivity contribution is 0.185. The Morgan fingerprint density at radius 3 is 2.74 bits per heavy atom. The molecule has 0 saturated heterocycles. The third-order valence-electron chi connectivity index (χ3n) is 4.94. The van der Waals surface area contributed by atoms with E-state index in [9.17, 15) is 0 Å². The molecule has 2 saturated carbocycles. The molecule has 0 aliphatic heterocycles. The molecule has 0 aromatic heterocycles. The molecule has 2 aliphatic rings. The predicted octanol–water partition coefficient (Wildman–Crippen LogP) is 4.15. The van der Waals surface area contributed by atoms with Crippen molar-refractivity contribution >= 4 is 35.6 Å². The van der Waals surface area contributed by atoms with Crippen LogP contribution in [-0.2, 0) is 11.3 Å². The van der Waals surface area contributed by atoms with Gasteiger partial charge in [-0.15, -0.1) is 24.0 Å². The maximum atomic E-state index is 6.10. The van der Waals surface area contributed by atoms with Gasteiger partial charge < -0.3 is 15.8 Å². The van der Waals surface area contributed by atoms with Gasteiger partial charge in [-0.3, -0.25) is 0 Å². The van der Waals surface area contributed by atoms with Crippen LogP contribution < -0.4 is 11.1 Å². The summed E-state index contributed by atoms with van der Waals surface area (Å²) in [4.78, 5) is 4.68. The van der Waals surface area contributed by atoms with Gasteiger partial charge in [-0.2, -0.15) is 0 Å². The van der Waals surface area contributed by atoms with E-state index in [0.29, 0.717) is 18.6 Å². The third-order valence-corrected chi connectivity index (χ3v) is 4.94. The van der Waals surface area contributed by atoms with E-state index in [1.807, 2.05) is 24.3 Å². The van der Waals surface area contributed by atoms with E-state index in [4.69, 9.17) is 10.5 Å². The van der Waals surface area contributed by atoms with Crippen molar-refractivity contribution in [3.05, 3.63) is 29.8 Å². The molecule has 2 fully saturated rings. The zero-order valence-electron chi connectivity index (χ0n) is 13.8. The van der Waals surface area contributed by atoms with Crippen LogP contribution in [0.5, 0.6) is 0 Å². The van der Waals surface area contributed by atoms with Crippen molar-refractivity contribution in [3.63, 3.8) is 0 Å². The average Bonchev–Trinajstić information content (AvgIpc) is 3.29. The number of halogens is 1. The van der Waals surface area contributed by atoms with Gasteiger partial charge in [0, 0.05) is 18.4 Å². The molecule has 5 heteroatoms. The highest BCUT2D eigenvalue weighted by Crippen LogP contribution is 2.46. The van der Waals surface area contributed by atoms with E-state index in [1.165, 1.54) is 38.5 Å². The third kappa shape index (κ3) is 5.08. The van der Waals surface area contributed by atoms with Crippen LogP contribution >= 0.6 is 24.0 Å². The molecule has 1 aromatic carbocycles. The monoisotopic (exact) mass is 429 g/mol. The first-order valence-electron chi connectivity index (χ1n) is 8.45. The van der Waals surface area contributed by atoms with Gasteiger partial charge in [-0.05, 0) is 24.3 Å². The molecule has 0 amide bonds. The highest BCUT2D eigenvalue weighted by molar-refractivity contribution is 14.0. The first-order valence-corrected chi connectivity index (χ1v) is 8.45. The highest BCUT2D eigenvalue weighted by Gasteiger charge is 2.43. The number of para-hydroxylation sites is 1. The van der Waals surface area contributed by atoms with Crippen LogP contribution in [0, 0.1) is 11.8 Å². The second-order valence-corrected chi connectivity index (χ2v) is 6.59. The number of methoxy groups -OCH3 is 1. The van der Waals surface area contributed by atoms with E-state index in [0.717, 1.165) is 23.1 Å². The second-order valence-electron chi connectivity index (χ2n) is 6.59. The minimum Gasteiger partial charge on any atom is -0.380 e. The molecule has 23 heavy (non-hydrogen) atoms.